The van der Waals surface area contributed by atoms with Crippen molar-refractivity contribution in [3.05, 3.63) is 109 Å². The fraction of sp³-hybridized carbons (Fsp3) is 0.115. The molecule has 0 bridgehead atoms. The number of Topliss-reactive ketones (excluding diaryl/α,β-unsaturated/α-hetero) is 1. The molecule has 12 heteroatoms. The summed E-state index contributed by atoms with van der Waals surface area (Å²) in [4.78, 5) is 37.8. The summed E-state index contributed by atoms with van der Waals surface area (Å²) in [5.41, 5.74) is 0.359. The maximum absolute atomic E-state index is 13.2. The first kappa shape index (κ1) is 27.4. The molecule has 0 aliphatic heterocycles. The number of esters is 1. The van der Waals surface area contributed by atoms with Crippen LogP contribution in [-0.2, 0) is 21.8 Å². The number of carbonyl (C=O) groups is 2. The zero-order valence-corrected chi connectivity index (χ0v) is 23.3. The SMILES string of the molecule is Cc1c(NS(=O)(=O)c2cc(Cl)cc(C(=O)OCC(=O)c3cccc(Br)c3)c2)c(=O)n(-c2ccccc2)n1C. The number of hydrogen-bond donors (Lipinski definition) is 1. The molecule has 0 aliphatic carbocycles. The van der Waals surface area contributed by atoms with Gasteiger partial charge in [0.1, 0.15) is 5.69 Å². The second-order valence-electron chi connectivity index (χ2n) is 8.23. The number of carbonyl (C=O) groups excluding carboxylic acids is 2. The van der Waals surface area contributed by atoms with Crippen LogP contribution in [0.3, 0.4) is 0 Å². The van der Waals surface area contributed by atoms with E-state index in [1.54, 1.807) is 68.6 Å². The smallest absolute Gasteiger partial charge is 0.338 e. The van der Waals surface area contributed by atoms with E-state index in [1.807, 2.05) is 0 Å². The van der Waals surface area contributed by atoms with Gasteiger partial charge >= 0.3 is 5.97 Å². The van der Waals surface area contributed by atoms with Gasteiger partial charge in [0.2, 0.25) is 0 Å². The van der Waals surface area contributed by atoms with E-state index in [0.717, 1.165) is 12.1 Å². The van der Waals surface area contributed by atoms with Gasteiger partial charge in [-0.15, -0.1) is 0 Å². The van der Waals surface area contributed by atoms with Crippen molar-refractivity contribution >= 4 is 55.0 Å². The molecule has 38 heavy (non-hydrogen) atoms. The largest absolute Gasteiger partial charge is 0.454 e. The van der Waals surface area contributed by atoms with Gasteiger partial charge in [0.15, 0.2) is 12.4 Å². The topological polar surface area (TPSA) is 116 Å². The molecule has 4 rings (SSSR count). The number of para-hydroxylation sites is 1. The summed E-state index contributed by atoms with van der Waals surface area (Å²) in [6.07, 6.45) is 0. The van der Waals surface area contributed by atoms with Gasteiger partial charge in [-0.1, -0.05) is 57.9 Å². The third-order valence-electron chi connectivity index (χ3n) is 5.69. The Morgan fingerprint density at radius 2 is 1.71 bits per heavy atom. The number of nitrogens with one attached hydrogen (secondary N) is 1. The molecule has 0 atom stereocenters. The van der Waals surface area contributed by atoms with E-state index in [4.69, 9.17) is 16.3 Å². The first-order valence-corrected chi connectivity index (χ1v) is 13.8. The zero-order valence-electron chi connectivity index (χ0n) is 20.1. The van der Waals surface area contributed by atoms with Crippen LogP contribution in [0.15, 0.2) is 87.0 Å². The number of rotatable bonds is 8. The average Bonchev–Trinajstić information content (AvgIpc) is 3.09. The van der Waals surface area contributed by atoms with Crippen LogP contribution in [0.5, 0.6) is 0 Å². The van der Waals surface area contributed by atoms with Crippen LogP contribution in [0.4, 0.5) is 5.69 Å². The summed E-state index contributed by atoms with van der Waals surface area (Å²) in [5, 5.41) is -0.0513. The molecular formula is C26H21BrClN3O6S. The van der Waals surface area contributed by atoms with Crippen LogP contribution in [-0.4, -0.2) is 36.1 Å². The van der Waals surface area contributed by atoms with E-state index in [9.17, 15) is 22.8 Å². The van der Waals surface area contributed by atoms with Crippen LogP contribution in [0, 0.1) is 6.92 Å². The summed E-state index contributed by atoms with van der Waals surface area (Å²) in [5.74, 6) is -1.37. The quantitative estimate of drug-likeness (QED) is 0.225. The van der Waals surface area contributed by atoms with E-state index >= 15 is 0 Å². The molecule has 196 valence electrons. The Kier molecular flexibility index (Phi) is 7.91. The Morgan fingerprint density at radius 1 is 1.00 bits per heavy atom. The fourth-order valence-electron chi connectivity index (χ4n) is 3.67. The highest BCUT2D eigenvalue weighted by Crippen LogP contribution is 2.23. The second kappa shape index (κ2) is 11.0. The molecule has 1 heterocycles. The first-order valence-electron chi connectivity index (χ1n) is 11.1. The Morgan fingerprint density at radius 3 is 2.39 bits per heavy atom. The monoisotopic (exact) mass is 617 g/mol. The fourth-order valence-corrected chi connectivity index (χ4v) is 5.56. The van der Waals surface area contributed by atoms with E-state index in [1.165, 1.54) is 15.4 Å². The van der Waals surface area contributed by atoms with Crippen molar-refractivity contribution in [2.24, 2.45) is 7.05 Å². The van der Waals surface area contributed by atoms with Crippen LogP contribution >= 0.6 is 27.5 Å². The Labute approximate surface area is 231 Å². The maximum atomic E-state index is 13.2. The van der Waals surface area contributed by atoms with Gasteiger partial charge in [0.25, 0.3) is 15.6 Å². The third-order valence-corrected chi connectivity index (χ3v) is 7.73. The van der Waals surface area contributed by atoms with Crippen molar-refractivity contribution in [3.63, 3.8) is 0 Å². The van der Waals surface area contributed by atoms with Crippen molar-refractivity contribution in [3.8, 4) is 5.69 Å². The molecule has 0 spiro atoms. The predicted octanol–water partition coefficient (Wildman–Crippen LogP) is 4.74. The molecule has 3 aromatic carbocycles. The van der Waals surface area contributed by atoms with E-state index in [-0.39, 0.29) is 21.2 Å². The highest BCUT2D eigenvalue weighted by atomic mass is 79.9. The van der Waals surface area contributed by atoms with Gasteiger partial charge in [0, 0.05) is 22.1 Å². The molecule has 0 radical (unpaired) electrons. The molecule has 0 fully saturated rings. The molecule has 0 aliphatic rings. The lowest BCUT2D eigenvalue weighted by atomic mass is 10.1. The van der Waals surface area contributed by atoms with Gasteiger partial charge in [-0.3, -0.25) is 19.0 Å². The number of ketones is 1. The second-order valence-corrected chi connectivity index (χ2v) is 11.3. The van der Waals surface area contributed by atoms with Crippen molar-refractivity contribution < 1.29 is 22.7 Å². The lowest BCUT2D eigenvalue weighted by Gasteiger charge is -2.10. The third kappa shape index (κ3) is 5.74. The Balaban J connectivity index is 1.58. The number of halogens is 2. The van der Waals surface area contributed by atoms with Crippen LogP contribution < -0.4 is 10.3 Å². The number of ether oxygens (including phenoxy) is 1. The number of sulfonamides is 1. The first-order chi connectivity index (χ1) is 18.0. The standard InChI is InChI=1S/C26H21BrClN3O6S/c1-16-24(25(33)31(30(16)2)21-9-4-3-5-10-21)29-38(35,36)22-13-18(12-20(28)14-22)26(34)37-15-23(32)17-7-6-8-19(27)11-17/h3-14,29H,15H2,1-2H3. The lowest BCUT2D eigenvalue weighted by molar-refractivity contribution is 0.0474. The summed E-state index contributed by atoms with van der Waals surface area (Å²) in [6.45, 7) is 1.05. The van der Waals surface area contributed by atoms with Gasteiger partial charge in [0.05, 0.1) is 21.8 Å². The minimum absolute atomic E-state index is 0.0513. The molecule has 0 saturated carbocycles. The van der Waals surface area contributed by atoms with Crippen molar-refractivity contribution in [2.75, 3.05) is 11.3 Å². The van der Waals surface area contributed by atoms with Crippen molar-refractivity contribution in [1.29, 1.82) is 0 Å². The molecule has 0 amide bonds. The van der Waals surface area contributed by atoms with Crippen LogP contribution in [0.2, 0.25) is 5.02 Å². The minimum Gasteiger partial charge on any atom is -0.454 e. The normalized spacial score (nSPS) is 11.3. The number of anilines is 1. The molecular weight excluding hydrogens is 598 g/mol. The van der Waals surface area contributed by atoms with Crippen LogP contribution in [0.1, 0.15) is 26.4 Å². The molecule has 9 nitrogen and oxygen atoms in total. The predicted molar refractivity (Wildman–Crippen MR) is 147 cm³/mol. The highest BCUT2D eigenvalue weighted by molar-refractivity contribution is 9.10. The Hall–Kier alpha value is -3.67. The lowest BCUT2D eigenvalue weighted by Crippen LogP contribution is -2.23. The van der Waals surface area contributed by atoms with Gasteiger partial charge in [-0.25, -0.2) is 17.9 Å². The summed E-state index contributed by atoms with van der Waals surface area (Å²) in [6, 6.07) is 18.8. The molecule has 1 aromatic heterocycles. The number of aromatic nitrogens is 2. The molecule has 1 N–H and O–H groups in total. The average molecular weight is 619 g/mol. The van der Waals surface area contributed by atoms with Crippen molar-refractivity contribution in [2.45, 2.75) is 11.8 Å². The number of nitrogens with zero attached hydrogens (tertiary/aromatic N) is 2. The van der Waals surface area contributed by atoms with Gasteiger partial charge in [-0.2, -0.15) is 0 Å². The molecule has 0 unspecified atom stereocenters. The van der Waals surface area contributed by atoms with E-state index in [2.05, 4.69) is 20.7 Å². The van der Waals surface area contributed by atoms with E-state index < -0.39 is 33.9 Å². The summed E-state index contributed by atoms with van der Waals surface area (Å²) in [7, 11) is -2.71. The van der Waals surface area contributed by atoms with E-state index in [0.29, 0.717) is 21.4 Å². The van der Waals surface area contributed by atoms with Crippen LogP contribution in [0.25, 0.3) is 5.69 Å². The molecule has 4 aromatic rings. The minimum atomic E-state index is -4.34. The maximum Gasteiger partial charge on any atom is 0.338 e. The van der Waals surface area contributed by atoms with Gasteiger partial charge < -0.3 is 4.74 Å². The zero-order chi connectivity index (χ0) is 27.6. The molecule has 0 saturated heterocycles. The summed E-state index contributed by atoms with van der Waals surface area (Å²) < 4.78 is 37.4. The number of benzene rings is 3. The number of hydrogen-bond acceptors (Lipinski definition) is 6. The highest BCUT2D eigenvalue weighted by Gasteiger charge is 2.24. The summed E-state index contributed by atoms with van der Waals surface area (Å²) >= 11 is 9.38. The van der Waals surface area contributed by atoms with Gasteiger partial charge in [-0.05, 0) is 49.4 Å². The Bertz CT molecular complexity index is 1710. The van der Waals surface area contributed by atoms with Crippen molar-refractivity contribution in [1.82, 2.24) is 9.36 Å².